The standard InChI is InChI=1S/C26H24N4O3S/c27-17-22-21-12-15-30(26(32)33-16-4-7-20-10-13-28-14-11-20)18-23(21)34-25(22)29-24(31)9-8-19-5-2-1-3-6-19/h1-3,5-6,8-11,13-14H,4,7,12,15-16,18H2,(H,29,31). The van der Waals surface area contributed by atoms with E-state index in [1.165, 1.54) is 17.4 Å². The molecule has 2 amide bonds. The van der Waals surface area contributed by atoms with Crippen LogP contribution in [0.25, 0.3) is 6.08 Å². The van der Waals surface area contributed by atoms with Gasteiger partial charge >= 0.3 is 6.09 Å². The minimum Gasteiger partial charge on any atom is -0.449 e. The summed E-state index contributed by atoms with van der Waals surface area (Å²) < 4.78 is 5.45. The highest BCUT2D eigenvalue weighted by molar-refractivity contribution is 7.16. The number of fused-ring (bicyclic) bond motifs is 1. The second-order valence-corrected chi connectivity index (χ2v) is 8.90. The molecular weight excluding hydrogens is 448 g/mol. The molecule has 0 bridgehead atoms. The molecule has 34 heavy (non-hydrogen) atoms. The lowest BCUT2D eigenvalue weighted by atomic mass is 10.0. The van der Waals surface area contributed by atoms with Crippen LogP contribution in [0.1, 0.15) is 33.6 Å². The van der Waals surface area contributed by atoms with Crippen molar-refractivity contribution in [3.8, 4) is 6.07 Å². The first-order valence-electron chi connectivity index (χ1n) is 11.0. The van der Waals surface area contributed by atoms with Gasteiger partial charge in [-0.15, -0.1) is 11.3 Å². The molecule has 0 saturated carbocycles. The van der Waals surface area contributed by atoms with E-state index >= 15 is 0 Å². The van der Waals surface area contributed by atoms with Gasteiger partial charge in [0.1, 0.15) is 11.1 Å². The average Bonchev–Trinajstić information content (AvgIpc) is 3.22. The Morgan fingerprint density at radius 3 is 2.76 bits per heavy atom. The van der Waals surface area contributed by atoms with Gasteiger partial charge in [-0.2, -0.15) is 5.26 Å². The first-order valence-corrected chi connectivity index (χ1v) is 11.8. The molecule has 1 N–H and O–H groups in total. The minimum absolute atomic E-state index is 0.301. The lowest BCUT2D eigenvalue weighted by molar-refractivity contribution is -0.111. The van der Waals surface area contributed by atoms with E-state index in [9.17, 15) is 14.9 Å². The van der Waals surface area contributed by atoms with Gasteiger partial charge < -0.3 is 15.0 Å². The van der Waals surface area contributed by atoms with E-state index in [1.807, 2.05) is 42.5 Å². The van der Waals surface area contributed by atoms with E-state index in [2.05, 4.69) is 16.4 Å². The number of carbonyl (C=O) groups excluding carboxylic acids is 2. The van der Waals surface area contributed by atoms with Crippen LogP contribution in [-0.2, 0) is 28.9 Å². The van der Waals surface area contributed by atoms with E-state index in [1.54, 1.807) is 23.4 Å². The van der Waals surface area contributed by atoms with Crippen LogP contribution >= 0.6 is 11.3 Å². The van der Waals surface area contributed by atoms with Gasteiger partial charge in [-0.3, -0.25) is 9.78 Å². The number of nitrogens with one attached hydrogen (secondary N) is 1. The molecule has 7 nitrogen and oxygen atoms in total. The number of benzene rings is 1. The Kier molecular flexibility index (Phi) is 7.68. The summed E-state index contributed by atoms with van der Waals surface area (Å²) in [7, 11) is 0. The Morgan fingerprint density at radius 1 is 1.21 bits per heavy atom. The number of nitrogens with zero attached hydrogens (tertiary/aromatic N) is 3. The van der Waals surface area contributed by atoms with E-state index in [0.717, 1.165) is 34.4 Å². The Labute approximate surface area is 202 Å². The quantitative estimate of drug-likeness (QED) is 0.394. The molecule has 1 aliphatic rings. The molecule has 3 aromatic rings. The second kappa shape index (κ2) is 11.3. The highest BCUT2D eigenvalue weighted by Gasteiger charge is 2.28. The predicted molar refractivity (Wildman–Crippen MR) is 131 cm³/mol. The second-order valence-electron chi connectivity index (χ2n) is 7.80. The van der Waals surface area contributed by atoms with Crippen LogP contribution in [0, 0.1) is 11.3 Å². The van der Waals surface area contributed by atoms with Crippen molar-refractivity contribution in [1.29, 1.82) is 5.26 Å². The zero-order valence-corrected chi connectivity index (χ0v) is 19.4. The third kappa shape index (κ3) is 5.88. The van der Waals surface area contributed by atoms with Crippen LogP contribution in [0.3, 0.4) is 0 Å². The molecule has 0 radical (unpaired) electrons. The van der Waals surface area contributed by atoms with Crippen molar-refractivity contribution in [3.05, 3.63) is 88.1 Å². The zero-order valence-electron chi connectivity index (χ0n) is 18.6. The SMILES string of the molecule is N#Cc1c(NC(=O)C=Cc2ccccc2)sc2c1CCN(C(=O)OCCCc1ccncc1)C2. The van der Waals surface area contributed by atoms with Crippen molar-refractivity contribution in [2.45, 2.75) is 25.8 Å². The number of nitriles is 1. The number of aromatic nitrogens is 1. The lowest BCUT2D eigenvalue weighted by Gasteiger charge is -2.26. The number of hydrogen-bond acceptors (Lipinski definition) is 6. The van der Waals surface area contributed by atoms with Gasteiger partial charge in [0.15, 0.2) is 0 Å². The summed E-state index contributed by atoms with van der Waals surface area (Å²) in [6.07, 6.45) is 8.42. The summed E-state index contributed by atoms with van der Waals surface area (Å²) in [6.45, 7) is 1.18. The number of hydrogen-bond donors (Lipinski definition) is 1. The van der Waals surface area contributed by atoms with Crippen LogP contribution in [-0.4, -0.2) is 35.0 Å². The number of rotatable bonds is 7. The van der Waals surface area contributed by atoms with Crippen LogP contribution < -0.4 is 5.32 Å². The average molecular weight is 473 g/mol. The summed E-state index contributed by atoms with van der Waals surface area (Å²) in [5, 5.41) is 13.0. The number of thiophene rings is 1. The number of pyridine rings is 1. The molecule has 1 aliphatic heterocycles. The van der Waals surface area contributed by atoms with Gasteiger partial charge in [0.2, 0.25) is 5.91 Å². The lowest BCUT2D eigenvalue weighted by Crippen LogP contribution is -2.36. The molecule has 0 unspecified atom stereocenters. The number of anilines is 1. The van der Waals surface area contributed by atoms with Gasteiger partial charge in [0.05, 0.1) is 18.7 Å². The number of amides is 2. The van der Waals surface area contributed by atoms with E-state index in [-0.39, 0.29) is 12.0 Å². The van der Waals surface area contributed by atoms with E-state index in [4.69, 9.17) is 4.74 Å². The summed E-state index contributed by atoms with van der Waals surface area (Å²) in [6, 6.07) is 15.6. The third-order valence-electron chi connectivity index (χ3n) is 5.48. The molecule has 2 aromatic heterocycles. The Balaban J connectivity index is 1.32. The van der Waals surface area contributed by atoms with E-state index in [0.29, 0.717) is 36.7 Å². The third-order valence-corrected chi connectivity index (χ3v) is 6.61. The van der Waals surface area contributed by atoms with Crippen molar-refractivity contribution in [1.82, 2.24) is 9.88 Å². The molecule has 0 spiro atoms. The van der Waals surface area contributed by atoms with Crippen LogP contribution in [0.4, 0.5) is 9.80 Å². The first-order chi connectivity index (χ1) is 16.6. The number of carbonyl (C=O) groups is 2. The molecular formula is C26H24N4O3S. The number of aryl methyl sites for hydroxylation is 1. The van der Waals surface area contributed by atoms with Gasteiger partial charge in [0, 0.05) is 29.9 Å². The van der Waals surface area contributed by atoms with Crippen LogP contribution in [0.2, 0.25) is 0 Å². The fourth-order valence-electron chi connectivity index (χ4n) is 3.73. The maximum Gasteiger partial charge on any atom is 0.410 e. The molecule has 3 heterocycles. The largest absolute Gasteiger partial charge is 0.449 e. The number of ether oxygens (including phenoxy) is 1. The Hall–Kier alpha value is -3.96. The predicted octanol–water partition coefficient (Wildman–Crippen LogP) is 4.79. The molecule has 8 heteroatoms. The van der Waals surface area contributed by atoms with Crippen molar-refractivity contribution < 1.29 is 14.3 Å². The van der Waals surface area contributed by atoms with Crippen LogP contribution in [0.5, 0.6) is 0 Å². The van der Waals surface area contributed by atoms with Crippen molar-refractivity contribution in [2.24, 2.45) is 0 Å². The highest BCUT2D eigenvalue weighted by atomic mass is 32.1. The Morgan fingerprint density at radius 2 is 2.00 bits per heavy atom. The van der Waals surface area contributed by atoms with E-state index < -0.39 is 0 Å². The fraction of sp³-hybridized carbons (Fsp3) is 0.231. The summed E-state index contributed by atoms with van der Waals surface area (Å²) in [5.41, 5.74) is 3.45. The van der Waals surface area contributed by atoms with Gasteiger partial charge in [0.25, 0.3) is 0 Å². The fourth-order valence-corrected chi connectivity index (χ4v) is 4.95. The highest BCUT2D eigenvalue weighted by Crippen LogP contribution is 2.36. The molecule has 172 valence electrons. The Bertz CT molecular complexity index is 1220. The molecule has 0 aliphatic carbocycles. The van der Waals surface area contributed by atoms with Gasteiger partial charge in [-0.1, -0.05) is 30.3 Å². The first kappa shape index (κ1) is 23.2. The minimum atomic E-state index is -0.358. The maximum atomic E-state index is 12.5. The molecule has 1 aromatic carbocycles. The van der Waals surface area contributed by atoms with Crippen molar-refractivity contribution in [3.63, 3.8) is 0 Å². The van der Waals surface area contributed by atoms with Gasteiger partial charge in [-0.25, -0.2) is 4.79 Å². The van der Waals surface area contributed by atoms with Crippen molar-refractivity contribution in [2.75, 3.05) is 18.5 Å². The topological polar surface area (TPSA) is 95.3 Å². The monoisotopic (exact) mass is 472 g/mol. The van der Waals surface area contributed by atoms with Gasteiger partial charge in [-0.05, 0) is 54.2 Å². The molecule has 0 atom stereocenters. The normalized spacial score (nSPS) is 12.7. The smallest absolute Gasteiger partial charge is 0.410 e. The maximum absolute atomic E-state index is 12.5. The molecule has 4 rings (SSSR count). The summed E-state index contributed by atoms with van der Waals surface area (Å²) >= 11 is 1.34. The zero-order chi connectivity index (χ0) is 23.8. The molecule has 0 saturated heterocycles. The van der Waals surface area contributed by atoms with Crippen LogP contribution in [0.15, 0.2) is 60.9 Å². The summed E-state index contributed by atoms with van der Waals surface area (Å²) in [4.78, 5) is 31.5. The summed E-state index contributed by atoms with van der Waals surface area (Å²) in [5.74, 6) is -0.301. The molecule has 0 fully saturated rings. The van der Waals surface area contributed by atoms with Crippen molar-refractivity contribution >= 4 is 34.4 Å².